The average Bonchev–Trinajstić information content (AvgIpc) is 3.35. The van der Waals surface area contributed by atoms with Gasteiger partial charge in [0.2, 0.25) is 5.91 Å². The number of benzene rings is 2. The van der Waals surface area contributed by atoms with Crippen molar-refractivity contribution in [1.82, 2.24) is 4.90 Å². The summed E-state index contributed by atoms with van der Waals surface area (Å²) in [4.78, 5) is 30.0. The highest BCUT2D eigenvalue weighted by Crippen LogP contribution is 2.24. The molecule has 1 N–H and O–H groups in total. The zero-order chi connectivity index (χ0) is 23.2. The van der Waals surface area contributed by atoms with Crippen molar-refractivity contribution in [2.45, 2.75) is 46.0 Å². The van der Waals surface area contributed by atoms with Crippen LogP contribution in [0.15, 0.2) is 48.5 Å². The number of nitrogens with one attached hydrogen (secondary N) is 1. The van der Waals surface area contributed by atoms with Gasteiger partial charge < -0.3 is 10.2 Å². The van der Waals surface area contributed by atoms with Crippen molar-refractivity contribution in [3.8, 4) is 0 Å². The van der Waals surface area contributed by atoms with Gasteiger partial charge in [-0.3, -0.25) is 14.5 Å². The van der Waals surface area contributed by atoms with E-state index in [4.69, 9.17) is 0 Å². The van der Waals surface area contributed by atoms with Crippen LogP contribution in [-0.4, -0.2) is 49.3 Å². The van der Waals surface area contributed by atoms with Crippen LogP contribution in [0, 0.1) is 11.8 Å². The summed E-state index contributed by atoms with van der Waals surface area (Å²) in [7, 11) is 0. The minimum atomic E-state index is 0.00874. The Bertz CT molecular complexity index is 923. The second-order valence-electron chi connectivity index (χ2n) is 10.00. The maximum atomic E-state index is 12.9. The van der Waals surface area contributed by atoms with Gasteiger partial charge in [-0.25, -0.2) is 0 Å². The fourth-order valence-corrected chi connectivity index (χ4v) is 5.00. The summed E-state index contributed by atoms with van der Waals surface area (Å²) in [5.41, 5.74) is 4.17. The molecule has 2 aliphatic heterocycles. The lowest BCUT2D eigenvalue weighted by Gasteiger charge is -2.30. The van der Waals surface area contributed by atoms with E-state index in [1.54, 1.807) is 0 Å². The summed E-state index contributed by atoms with van der Waals surface area (Å²) in [5, 5.41) is 3.02. The normalized spacial score (nSPS) is 17.5. The zero-order valence-corrected chi connectivity index (χ0v) is 20.1. The summed E-state index contributed by atoms with van der Waals surface area (Å²) in [6.45, 7) is 8.59. The van der Waals surface area contributed by atoms with Gasteiger partial charge in [0.05, 0.1) is 6.54 Å². The smallest absolute Gasteiger partial charge is 0.238 e. The third-order valence-corrected chi connectivity index (χ3v) is 6.83. The van der Waals surface area contributed by atoms with Gasteiger partial charge in [0.25, 0.3) is 0 Å². The number of carbonyl (C=O) groups is 2. The Morgan fingerprint density at radius 2 is 1.55 bits per heavy atom. The van der Waals surface area contributed by atoms with Crippen LogP contribution in [0.5, 0.6) is 0 Å². The first-order valence-electron chi connectivity index (χ1n) is 12.5. The molecule has 0 atom stereocenters. The number of ketones is 1. The van der Waals surface area contributed by atoms with Crippen LogP contribution < -0.4 is 10.2 Å². The van der Waals surface area contributed by atoms with Crippen LogP contribution in [0.4, 0.5) is 11.4 Å². The highest BCUT2D eigenvalue weighted by molar-refractivity contribution is 5.98. The maximum absolute atomic E-state index is 12.9. The Morgan fingerprint density at radius 1 is 0.909 bits per heavy atom. The molecular formula is C28H37N3O2. The first-order valence-corrected chi connectivity index (χ1v) is 12.5. The lowest BCUT2D eigenvalue weighted by Crippen LogP contribution is -2.40. The van der Waals surface area contributed by atoms with E-state index in [0.29, 0.717) is 12.5 Å². The SMILES string of the molecule is CC(C)Cc1ccc(C(=O)C2CCN(CC(=O)Nc3ccc(N4CCCC4)cc3)CC2)cc1. The molecule has 2 fully saturated rings. The molecular weight excluding hydrogens is 410 g/mol. The summed E-state index contributed by atoms with van der Waals surface area (Å²) in [6.07, 6.45) is 5.17. The second-order valence-corrected chi connectivity index (χ2v) is 10.00. The van der Waals surface area contributed by atoms with E-state index in [2.05, 4.69) is 53.2 Å². The predicted molar refractivity (Wildman–Crippen MR) is 135 cm³/mol. The third-order valence-electron chi connectivity index (χ3n) is 6.83. The van der Waals surface area contributed by atoms with Gasteiger partial charge in [-0.05, 0) is 80.9 Å². The van der Waals surface area contributed by atoms with E-state index in [0.717, 1.165) is 56.7 Å². The summed E-state index contributed by atoms with van der Waals surface area (Å²) in [6, 6.07) is 16.3. The molecule has 2 aromatic rings. The Kier molecular flexibility index (Phi) is 7.81. The molecule has 0 radical (unpaired) electrons. The van der Waals surface area contributed by atoms with Gasteiger partial charge in [-0.15, -0.1) is 0 Å². The van der Waals surface area contributed by atoms with Crippen molar-refractivity contribution >= 4 is 23.1 Å². The van der Waals surface area contributed by atoms with Crippen LogP contribution in [0.25, 0.3) is 0 Å². The third kappa shape index (κ3) is 6.44. The minimum absolute atomic E-state index is 0.00874. The predicted octanol–water partition coefficient (Wildman–Crippen LogP) is 5.02. The van der Waals surface area contributed by atoms with E-state index in [-0.39, 0.29) is 17.6 Å². The minimum Gasteiger partial charge on any atom is -0.372 e. The Morgan fingerprint density at radius 3 is 2.15 bits per heavy atom. The molecule has 1 amide bonds. The number of likely N-dealkylation sites (tertiary alicyclic amines) is 1. The maximum Gasteiger partial charge on any atom is 0.238 e. The summed E-state index contributed by atoms with van der Waals surface area (Å²) < 4.78 is 0. The molecule has 2 aromatic carbocycles. The van der Waals surface area contributed by atoms with E-state index in [9.17, 15) is 9.59 Å². The molecule has 0 aromatic heterocycles. The Hall–Kier alpha value is -2.66. The molecule has 0 spiro atoms. The number of amides is 1. The van der Waals surface area contributed by atoms with Crippen LogP contribution in [-0.2, 0) is 11.2 Å². The van der Waals surface area contributed by atoms with Gasteiger partial charge in [0.1, 0.15) is 0 Å². The molecule has 176 valence electrons. The molecule has 0 saturated carbocycles. The molecule has 0 aliphatic carbocycles. The molecule has 33 heavy (non-hydrogen) atoms. The monoisotopic (exact) mass is 447 g/mol. The first-order chi connectivity index (χ1) is 16.0. The van der Waals surface area contributed by atoms with E-state index in [1.807, 2.05) is 24.3 Å². The number of Topliss-reactive ketones (excluding diaryl/α,β-unsaturated/α-hetero) is 1. The van der Waals surface area contributed by atoms with Crippen molar-refractivity contribution < 1.29 is 9.59 Å². The number of rotatable bonds is 8. The van der Waals surface area contributed by atoms with Gasteiger partial charge in [0, 0.05) is 35.9 Å². The van der Waals surface area contributed by atoms with Crippen molar-refractivity contribution in [2.24, 2.45) is 11.8 Å². The Balaban J connectivity index is 1.21. The molecule has 0 bridgehead atoms. The number of piperidine rings is 1. The van der Waals surface area contributed by atoms with Crippen LogP contribution >= 0.6 is 0 Å². The first kappa shape index (κ1) is 23.5. The zero-order valence-electron chi connectivity index (χ0n) is 20.1. The second kappa shape index (κ2) is 11.0. The molecule has 5 heteroatoms. The van der Waals surface area contributed by atoms with Crippen LogP contribution in [0.3, 0.4) is 0 Å². The fraction of sp³-hybridized carbons (Fsp3) is 0.500. The van der Waals surface area contributed by atoms with Gasteiger partial charge >= 0.3 is 0 Å². The Labute approximate surface area is 198 Å². The van der Waals surface area contributed by atoms with Crippen molar-refractivity contribution in [3.63, 3.8) is 0 Å². The highest BCUT2D eigenvalue weighted by atomic mass is 16.2. The van der Waals surface area contributed by atoms with E-state index < -0.39 is 0 Å². The summed E-state index contributed by atoms with van der Waals surface area (Å²) in [5.74, 6) is 0.920. The molecule has 5 nitrogen and oxygen atoms in total. The van der Waals surface area contributed by atoms with Crippen molar-refractivity contribution in [2.75, 3.05) is 42.9 Å². The van der Waals surface area contributed by atoms with Gasteiger partial charge in [-0.1, -0.05) is 38.1 Å². The molecule has 2 saturated heterocycles. The quantitative estimate of drug-likeness (QED) is 0.578. The van der Waals surface area contributed by atoms with Crippen molar-refractivity contribution in [3.05, 3.63) is 59.7 Å². The van der Waals surface area contributed by atoms with Gasteiger partial charge in [0.15, 0.2) is 5.78 Å². The molecule has 0 unspecified atom stereocenters. The lowest BCUT2D eigenvalue weighted by atomic mass is 9.88. The van der Waals surface area contributed by atoms with E-state index in [1.165, 1.54) is 24.1 Å². The standard InChI is InChI=1S/C28H37N3O2/c1-21(2)19-22-5-7-23(8-6-22)28(33)24-13-17-30(18-14-24)20-27(32)29-25-9-11-26(12-10-25)31-15-3-4-16-31/h5-12,21,24H,3-4,13-20H2,1-2H3,(H,29,32). The highest BCUT2D eigenvalue weighted by Gasteiger charge is 2.26. The average molecular weight is 448 g/mol. The lowest BCUT2D eigenvalue weighted by molar-refractivity contribution is -0.117. The number of anilines is 2. The summed E-state index contributed by atoms with van der Waals surface area (Å²) >= 11 is 0. The van der Waals surface area contributed by atoms with Crippen LogP contribution in [0.1, 0.15) is 55.5 Å². The topological polar surface area (TPSA) is 52.7 Å². The molecule has 4 rings (SSSR count). The number of nitrogens with zero attached hydrogens (tertiary/aromatic N) is 2. The van der Waals surface area contributed by atoms with Gasteiger partial charge in [-0.2, -0.15) is 0 Å². The number of hydrogen-bond donors (Lipinski definition) is 1. The van der Waals surface area contributed by atoms with Crippen LogP contribution in [0.2, 0.25) is 0 Å². The van der Waals surface area contributed by atoms with E-state index >= 15 is 0 Å². The van der Waals surface area contributed by atoms with Crippen molar-refractivity contribution in [1.29, 1.82) is 0 Å². The number of hydrogen-bond acceptors (Lipinski definition) is 4. The fourth-order valence-electron chi connectivity index (χ4n) is 5.00. The largest absolute Gasteiger partial charge is 0.372 e. The molecule has 2 heterocycles. The molecule has 2 aliphatic rings. The number of carbonyl (C=O) groups excluding carboxylic acids is 2.